The Kier molecular flexibility index (Phi) is 10.6. The van der Waals surface area contributed by atoms with Gasteiger partial charge in [0.2, 0.25) is 5.91 Å². The minimum absolute atomic E-state index is 0.151. The van der Waals surface area contributed by atoms with Crippen LogP contribution < -0.4 is 10.6 Å². The number of likely N-dealkylation sites (tertiary alicyclic amines) is 1. The Hall–Kier alpha value is -2.98. The zero-order valence-corrected chi connectivity index (χ0v) is 18.7. The van der Waals surface area contributed by atoms with Crippen molar-refractivity contribution in [2.75, 3.05) is 25.0 Å². The summed E-state index contributed by atoms with van der Waals surface area (Å²) in [5.74, 6) is 0.151. The molecule has 2 fully saturated rings. The number of rotatable bonds is 7. The van der Waals surface area contributed by atoms with Crippen LogP contribution >= 0.6 is 11.3 Å². The van der Waals surface area contributed by atoms with E-state index in [1.807, 2.05) is 5.38 Å². The molecule has 2 heterocycles. The minimum Gasteiger partial charge on any atom is -0.483 e. The molecular weight excluding hydrogens is 432 g/mol. The number of thiazole rings is 1. The third-order valence-electron chi connectivity index (χ3n) is 5.39. The maximum absolute atomic E-state index is 13.0. The van der Waals surface area contributed by atoms with Gasteiger partial charge in [-0.3, -0.25) is 14.4 Å². The van der Waals surface area contributed by atoms with Crippen molar-refractivity contribution in [2.24, 2.45) is 0 Å². The molecule has 2 aromatic rings. The Morgan fingerprint density at radius 2 is 1.78 bits per heavy atom. The number of amides is 1. The molecule has 1 aromatic heterocycles. The fourth-order valence-electron chi connectivity index (χ4n) is 3.54. The second kappa shape index (κ2) is 13.4. The van der Waals surface area contributed by atoms with Gasteiger partial charge in [0.1, 0.15) is 5.54 Å². The number of nitrogens with one attached hydrogen (secondary N) is 2. The molecule has 2 aliphatic rings. The first-order valence-corrected chi connectivity index (χ1v) is 11.4. The van der Waals surface area contributed by atoms with E-state index in [0.29, 0.717) is 6.04 Å². The topological polar surface area (TPSA) is 132 Å². The van der Waals surface area contributed by atoms with Gasteiger partial charge in [0.05, 0.1) is 0 Å². The lowest BCUT2D eigenvalue weighted by molar-refractivity contribution is -0.127. The summed E-state index contributed by atoms with van der Waals surface area (Å²) >= 11 is 1.56. The Labute approximate surface area is 191 Å². The van der Waals surface area contributed by atoms with Gasteiger partial charge < -0.3 is 25.7 Å². The number of carboxylic acid groups (broad SMARTS) is 2. The van der Waals surface area contributed by atoms with E-state index in [0.717, 1.165) is 56.9 Å². The van der Waals surface area contributed by atoms with Crippen molar-refractivity contribution in [3.05, 3.63) is 47.5 Å². The van der Waals surface area contributed by atoms with Crippen LogP contribution in [0.5, 0.6) is 0 Å². The molecular formula is C22H30N4O5S. The number of hydrogen-bond donors (Lipinski definition) is 4. The molecule has 0 unspecified atom stereocenters. The lowest BCUT2D eigenvalue weighted by Crippen LogP contribution is -2.58. The van der Waals surface area contributed by atoms with E-state index in [9.17, 15) is 4.79 Å². The smallest absolute Gasteiger partial charge is 0.290 e. The fraction of sp³-hybridized carbons (Fsp3) is 0.455. The maximum Gasteiger partial charge on any atom is 0.290 e. The zero-order chi connectivity index (χ0) is 23.2. The molecule has 1 saturated heterocycles. The number of hydrogen-bond acceptors (Lipinski definition) is 7. The van der Waals surface area contributed by atoms with E-state index >= 15 is 0 Å². The number of anilines is 1. The summed E-state index contributed by atoms with van der Waals surface area (Å²) in [5.41, 5.74) is 0.848. The van der Waals surface area contributed by atoms with Crippen molar-refractivity contribution in [3.63, 3.8) is 0 Å². The number of nitrogens with zero attached hydrogens (tertiary/aromatic N) is 2. The molecule has 0 bridgehead atoms. The molecule has 4 N–H and O–H groups in total. The maximum atomic E-state index is 13.0. The van der Waals surface area contributed by atoms with Crippen molar-refractivity contribution in [1.29, 1.82) is 0 Å². The minimum atomic E-state index is -0.524. The van der Waals surface area contributed by atoms with Crippen LogP contribution in [0.4, 0.5) is 5.13 Å². The summed E-state index contributed by atoms with van der Waals surface area (Å²) < 4.78 is 0. The average molecular weight is 463 g/mol. The van der Waals surface area contributed by atoms with E-state index < -0.39 is 5.54 Å². The van der Waals surface area contributed by atoms with Gasteiger partial charge in [0, 0.05) is 37.3 Å². The zero-order valence-electron chi connectivity index (χ0n) is 17.9. The van der Waals surface area contributed by atoms with E-state index in [-0.39, 0.29) is 18.9 Å². The van der Waals surface area contributed by atoms with Crippen molar-refractivity contribution in [1.82, 2.24) is 15.2 Å². The molecule has 1 aliphatic carbocycles. The van der Waals surface area contributed by atoms with Gasteiger partial charge in [-0.25, -0.2) is 4.98 Å². The number of carbonyl (C=O) groups is 3. The van der Waals surface area contributed by atoms with Crippen LogP contribution in [0.15, 0.2) is 41.9 Å². The highest BCUT2D eigenvalue weighted by Gasteiger charge is 2.43. The third-order valence-corrected chi connectivity index (χ3v) is 6.08. The van der Waals surface area contributed by atoms with Crippen LogP contribution in [-0.2, 0) is 20.8 Å². The quantitative estimate of drug-likeness (QED) is 0.461. The van der Waals surface area contributed by atoms with Crippen LogP contribution in [0.3, 0.4) is 0 Å². The molecule has 9 nitrogen and oxygen atoms in total. The number of piperidine rings is 1. The van der Waals surface area contributed by atoms with Crippen molar-refractivity contribution < 1.29 is 24.6 Å². The monoisotopic (exact) mass is 462 g/mol. The van der Waals surface area contributed by atoms with Crippen LogP contribution in [0.1, 0.15) is 31.2 Å². The van der Waals surface area contributed by atoms with Crippen LogP contribution in [0.2, 0.25) is 0 Å². The standard InChI is InChI=1S/C20H26N4OS.2CH2O2/c25-18(22-17-6-7-17)20(23-19-21-11-15-26-19)9-13-24(14-10-20)12-8-16-4-2-1-3-5-16;2*2-1-3/h1-5,11,15,17H,6-10,12-14H2,(H,21,23)(H,22,25);2*1H,(H,2,3). The average Bonchev–Trinajstić information content (AvgIpc) is 3.47. The number of benzene rings is 1. The second-order valence-electron chi connectivity index (χ2n) is 7.58. The molecule has 174 valence electrons. The molecule has 0 spiro atoms. The third kappa shape index (κ3) is 8.27. The van der Waals surface area contributed by atoms with Crippen LogP contribution in [0, 0.1) is 0 Å². The first-order valence-electron chi connectivity index (χ1n) is 10.5. The number of carbonyl (C=O) groups excluding carboxylic acids is 1. The molecule has 10 heteroatoms. The van der Waals surface area contributed by atoms with Crippen molar-refractivity contribution in [3.8, 4) is 0 Å². The van der Waals surface area contributed by atoms with E-state index in [1.54, 1.807) is 17.5 Å². The van der Waals surface area contributed by atoms with Gasteiger partial charge in [-0.05, 0) is 37.7 Å². The van der Waals surface area contributed by atoms with Crippen LogP contribution in [0.25, 0.3) is 0 Å². The molecule has 1 aliphatic heterocycles. The normalized spacial score (nSPS) is 16.9. The Morgan fingerprint density at radius 1 is 1.16 bits per heavy atom. The van der Waals surface area contributed by atoms with Crippen molar-refractivity contribution >= 4 is 35.3 Å². The SMILES string of the molecule is O=C(NC1CC1)C1(Nc2nccs2)CCN(CCc2ccccc2)CC1.O=CO.O=CO. The summed E-state index contributed by atoms with van der Waals surface area (Å²) in [6.07, 6.45) is 6.71. The van der Waals surface area contributed by atoms with Crippen molar-refractivity contribution in [2.45, 2.75) is 43.7 Å². The van der Waals surface area contributed by atoms with E-state index in [1.165, 1.54) is 5.56 Å². The van der Waals surface area contributed by atoms with Gasteiger partial charge in [0.15, 0.2) is 5.13 Å². The predicted molar refractivity (Wildman–Crippen MR) is 123 cm³/mol. The molecule has 32 heavy (non-hydrogen) atoms. The highest BCUT2D eigenvalue weighted by Crippen LogP contribution is 2.30. The summed E-state index contributed by atoms with van der Waals surface area (Å²) in [6.45, 7) is 2.41. The highest BCUT2D eigenvalue weighted by atomic mass is 32.1. The van der Waals surface area contributed by atoms with Gasteiger partial charge in [-0.2, -0.15) is 0 Å². The van der Waals surface area contributed by atoms with Crippen LogP contribution in [-0.4, -0.2) is 70.2 Å². The summed E-state index contributed by atoms with van der Waals surface area (Å²) in [4.78, 5) is 36.5. The Balaban J connectivity index is 0.000000547. The van der Waals surface area contributed by atoms with Gasteiger partial charge in [-0.1, -0.05) is 30.3 Å². The van der Waals surface area contributed by atoms with E-state index in [4.69, 9.17) is 19.8 Å². The Bertz CT molecular complexity index is 801. The molecule has 1 saturated carbocycles. The highest BCUT2D eigenvalue weighted by molar-refractivity contribution is 7.13. The molecule has 0 atom stereocenters. The second-order valence-corrected chi connectivity index (χ2v) is 8.47. The molecule has 0 radical (unpaired) electrons. The first kappa shape index (κ1) is 25.3. The summed E-state index contributed by atoms with van der Waals surface area (Å²) in [7, 11) is 0. The summed E-state index contributed by atoms with van der Waals surface area (Å²) in [6, 6.07) is 11.0. The fourth-order valence-corrected chi connectivity index (χ4v) is 4.17. The van der Waals surface area contributed by atoms with Gasteiger partial charge in [0.25, 0.3) is 12.9 Å². The lowest BCUT2D eigenvalue weighted by atomic mass is 9.86. The van der Waals surface area contributed by atoms with Gasteiger partial charge >= 0.3 is 0 Å². The summed E-state index contributed by atoms with van der Waals surface area (Å²) in [5, 5.41) is 23.2. The van der Waals surface area contributed by atoms with Gasteiger partial charge in [-0.15, -0.1) is 11.3 Å². The molecule has 1 aromatic carbocycles. The molecule has 1 amide bonds. The van der Waals surface area contributed by atoms with E-state index in [2.05, 4.69) is 50.8 Å². The largest absolute Gasteiger partial charge is 0.483 e. The first-order chi connectivity index (χ1) is 15.6. The lowest BCUT2D eigenvalue weighted by Gasteiger charge is -2.41. The predicted octanol–water partition coefficient (Wildman–Crippen LogP) is 2.31. The Morgan fingerprint density at radius 3 is 2.31 bits per heavy atom. The number of aromatic nitrogens is 1. The molecule has 4 rings (SSSR count).